The third kappa shape index (κ3) is 7.12. The lowest BCUT2D eigenvalue weighted by Crippen LogP contribution is -2.36. The van der Waals surface area contributed by atoms with Crippen molar-refractivity contribution >= 4 is 35.8 Å². The van der Waals surface area contributed by atoms with E-state index in [-0.39, 0.29) is 36.4 Å². The van der Waals surface area contributed by atoms with Gasteiger partial charge in [-0.2, -0.15) is 13.2 Å². The van der Waals surface area contributed by atoms with Gasteiger partial charge in [-0.3, -0.25) is 9.79 Å². The fraction of sp³-hybridized carbons (Fsp3) is 0.364. The van der Waals surface area contributed by atoms with Gasteiger partial charge in [0.25, 0.3) is 0 Å². The van der Waals surface area contributed by atoms with E-state index in [1.54, 1.807) is 13.1 Å². The van der Waals surface area contributed by atoms with Crippen molar-refractivity contribution in [3.8, 4) is 0 Å². The highest BCUT2D eigenvalue weighted by Gasteiger charge is 2.30. The molecule has 1 aliphatic rings. The summed E-state index contributed by atoms with van der Waals surface area (Å²) in [6.45, 7) is 2.06. The van der Waals surface area contributed by atoms with Gasteiger partial charge in [0.1, 0.15) is 0 Å². The van der Waals surface area contributed by atoms with Crippen LogP contribution in [0.25, 0.3) is 0 Å². The Morgan fingerprint density at radius 2 is 1.77 bits per heavy atom. The average Bonchev–Trinajstić information content (AvgIpc) is 3.13. The Bertz CT molecular complexity index is 918. The Labute approximate surface area is 197 Å². The number of nitrogens with one attached hydrogen (secondary N) is 2. The Balaban J connectivity index is 0.00000341. The summed E-state index contributed by atoms with van der Waals surface area (Å²) in [6.07, 6.45) is -2.87. The number of hydrogen-bond donors (Lipinski definition) is 2. The Morgan fingerprint density at radius 1 is 1.06 bits per heavy atom. The number of nitrogens with zero attached hydrogens (tertiary/aromatic N) is 2. The van der Waals surface area contributed by atoms with Crippen LogP contribution in [0.2, 0.25) is 0 Å². The molecule has 0 aliphatic carbocycles. The zero-order valence-corrected chi connectivity index (χ0v) is 19.5. The Morgan fingerprint density at radius 3 is 2.42 bits per heavy atom. The molecule has 0 radical (unpaired) electrons. The van der Waals surface area contributed by atoms with Crippen LogP contribution in [-0.4, -0.2) is 30.4 Å². The van der Waals surface area contributed by atoms with Crippen LogP contribution in [0.5, 0.6) is 0 Å². The highest BCUT2D eigenvalue weighted by atomic mass is 127. The molecule has 0 saturated carbocycles. The van der Waals surface area contributed by atoms with Gasteiger partial charge in [0, 0.05) is 39.6 Å². The molecule has 0 aromatic heterocycles. The lowest BCUT2D eigenvalue weighted by molar-refractivity contribution is -0.137. The number of alkyl halides is 3. The molecule has 0 spiro atoms. The third-order valence-corrected chi connectivity index (χ3v) is 5.04. The van der Waals surface area contributed by atoms with Crippen molar-refractivity contribution < 1.29 is 18.0 Å². The minimum atomic E-state index is -4.36. The van der Waals surface area contributed by atoms with E-state index in [0.29, 0.717) is 31.0 Å². The van der Waals surface area contributed by atoms with Crippen LogP contribution in [0.1, 0.15) is 35.1 Å². The quantitative estimate of drug-likeness (QED) is 0.323. The molecule has 31 heavy (non-hydrogen) atoms. The molecule has 0 atom stereocenters. The number of benzene rings is 2. The van der Waals surface area contributed by atoms with Crippen molar-refractivity contribution in [2.45, 2.75) is 38.7 Å². The number of guanidine groups is 1. The second-order valence-electron chi connectivity index (χ2n) is 7.17. The summed E-state index contributed by atoms with van der Waals surface area (Å²) in [7, 11) is 1.61. The fourth-order valence-electron chi connectivity index (χ4n) is 3.40. The number of carbonyl (C=O) groups excluding carboxylic acids is 1. The van der Waals surface area contributed by atoms with E-state index in [0.717, 1.165) is 36.2 Å². The van der Waals surface area contributed by atoms with E-state index >= 15 is 0 Å². The topological polar surface area (TPSA) is 56.7 Å². The maximum Gasteiger partial charge on any atom is 0.416 e. The number of carbonyl (C=O) groups is 1. The predicted molar refractivity (Wildman–Crippen MR) is 125 cm³/mol. The lowest BCUT2D eigenvalue weighted by atomic mass is 10.1. The van der Waals surface area contributed by atoms with Crippen molar-refractivity contribution in [3.05, 3.63) is 70.8 Å². The van der Waals surface area contributed by atoms with Crippen LogP contribution < -0.4 is 10.6 Å². The fourth-order valence-corrected chi connectivity index (χ4v) is 3.40. The minimum Gasteiger partial charge on any atom is -0.352 e. The third-order valence-electron chi connectivity index (χ3n) is 5.04. The number of rotatable bonds is 6. The van der Waals surface area contributed by atoms with E-state index in [9.17, 15) is 18.0 Å². The first-order valence-electron chi connectivity index (χ1n) is 9.82. The summed E-state index contributed by atoms with van der Waals surface area (Å²) >= 11 is 0. The van der Waals surface area contributed by atoms with Crippen LogP contribution in [-0.2, 0) is 30.6 Å². The monoisotopic (exact) mass is 546 g/mol. The molecule has 1 aliphatic heterocycles. The molecule has 168 valence electrons. The zero-order valence-electron chi connectivity index (χ0n) is 17.2. The van der Waals surface area contributed by atoms with Crippen LogP contribution in [0, 0.1) is 0 Å². The van der Waals surface area contributed by atoms with Gasteiger partial charge in [0.15, 0.2) is 5.96 Å². The van der Waals surface area contributed by atoms with Crippen molar-refractivity contribution in [2.24, 2.45) is 4.99 Å². The molecule has 2 aromatic rings. The molecule has 1 amide bonds. The largest absolute Gasteiger partial charge is 0.416 e. The second-order valence-corrected chi connectivity index (χ2v) is 7.17. The normalized spacial score (nSPS) is 14.4. The number of aliphatic imine (C=N–C) groups is 1. The van der Waals surface area contributed by atoms with E-state index in [2.05, 4.69) is 15.6 Å². The number of halogens is 4. The lowest BCUT2D eigenvalue weighted by Gasteiger charge is -2.19. The SMILES string of the molecule is CN=C(NCc1cccc(C(F)(F)F)c1)NCc1ccccc1CN1CCCC1=O.I. The molecule has 1 fully saturated rings. The predicted octanol–water partition coefficient (Wildman–Crippen LogP) is 4.31. The smallest absolute Gasteiger partial charge is 0.352 e. The summed E-state index contributed by atoms with van der Waals surface area (Å²) < 4.78 is 38.6. The maximum atomic E-state index is 12.9. The van der Waals surface area contributed by atoms with Crippen molar-refractivity contribution in [1.29, 1.82) is 0 Å². The molecule has 2 N–H and O–H groups in total. The molecular formula is C22H26F3IN4O. The number of hydrogen-bond acceptors (Lipinski definition) is 2. The van der Waals surface area contributed by atoms with Gasteiger partial charge in [0.05, 0.1) is 5.56 Å². The zero-order chi connectivity index (χ0) is 21.6. The molecule has 1 heterocycles. The van der Waals surface area contributed by atoms with Crippen molar-refractivity contribution in [3.63, 3.8) is 0 Å². The Kier molecular flexibility index (Phi) is 9.15. The molecule has 1 saturated heterocycles. The summed E-state index contributed by atoms with van der Waals surface area (Å²) in [5, 5.41) is 6.23. The van der Waals surface area contributed by atoms with Gasteiger partial charge in [-0.25, -0.2) is 0 Å². The molecule has 9 heteroatoms. The summed E-state index contributed by atoms with van der Waals surface area (Å²) in [5.74, 6) is 0.663. The van der Waals surface area contributed by atoms with Gasteiger partial charge < -0.3 is 15.5 Å². The standard InChI is InChI=1S/C22H25F3N4O.HI/c1-26-21(27-13-16-6-4-9-19(12-16)22(23,24)25)28-14-17-7-2-3-8-18(17)15-29-11-5-10-20(29)30;/h2-4,6-9,12H,5,10-11,13-15H2,1H3,(H2,26,27,28);1H. The highest BCUT2D eigenvalue weighted by molar-refractivity contribution is 14.0. The van der Waals surface area contributed by atoms with Gasteiger partial charge in [-0.05, 0) is 35.2 Å². The van der Waals surface area contributed by atoms with Crippen LogP contribution in [0.15, 0.2) is 53.5 Å². The summed E-state index contributed by atoms with van der Waals surface area (Å²) in [5.41, 5.74) is 1.95. The van der Waals surface area contributed by atoms with Crippen LogP contribution in [0.3, 0.4) is 0 Å². The number of likely N-dealkylation sites (tertiary alicyclic amines) is 1. The van der Waals surface area contributed by atoms with E-state index in [1.807, 2.05) is 29.2 Å². The van der Waals surface area contributed by atoms with E-state index < -0.39 is 11.7 Å². The first-order chi connectivity index (χ1) is 14.4. The minimum absolute atomic E-state index is 0. The molecular weight excluding hydrogens is 520 g/mol. The van der Waals surface area contributed by atoms with E-state index in [4.69, 9.17) is 0 Å². The first-order valence-corrected chi connectivity index (χ1v) is 9.82. The molecule has 2 aromatic carbocycles. The van der Waals surface area contributed by atoms with Crippen molar-refractivity contribution in [2.75, 3.05) is 13.6 Å². The molecule has 0 bridgehead atoms. The van der Waals surface area contributed by atoms with Crippen LogP contribution in [0.4, 0.5) is 13.2 Å². The molecule has 3 rings (SSSR count). The molecule has 0 unspecified atom stereocenters. The summed E-state index contributed by atoms with van der Waals surface area (Å²) in [4.78, 5) is 17.9. The second kappa shape index (κ2) is 11.4. The van der Waals surface area contributed by atoms with Gasteiger partial charge in [-0.15, -0.1) is 24.0 Å². The summed E-state index contributed by atoms with van der Waals surface area (Å²) in [6, 6.07) is 13.1. The van der Waals surface area contributed by atoms with E-state index in [1.165, 1.54) is 6.07 Å². The van der Waals surface area contributed by atoms with Crippen LogP contribution >= 0.6 is 24.0 Å². The Hall–Kier alpha value is -2.30. The average molecular weight is 546 g/mol. The maximum absolute atomic E-state index is 12.9. The highest BCUT2D eigenvalue weighted by Crippen LogP contribution is 2.29. The first kappa shape index (κ1) is 25.0. The number of amides is 1. The van der Waals surface area contributed by atoms with Gasteiger partial charge in [-0.1, -0.05) is 36.4 Å². The van der Waals surface area contributed by atoms with Crippen molar-refractivity contribution in [1.82, 2.24) is 15.5 Å². The molecule has 5 nitrogen and oxygen atoms in total. The van der Waals surface area contributed by atoms with Gasteiger partial charge >= 0.3 is 6.18 Å². The van der Waals surface area contributed by atoms with Gasteiger partial charge in [0.2, 0.25) is 5.91 Å².